The molecule has 2 N–H and O–H groups in total. The molecule has 2 heterocycles. The molecule has 1 unspecified atom stereocenters. The molecule has 1 atom stereocenters. The van der Waals surface area contributed by atoms with Crippen molar-refractivity contribution in [3.63, 3.8) is 0 Å². The van der Waals surface area contributed by atoms with E-state index in [0.29, 0.717) is 13.1 Å². The summed E-state index contributed by atoms with van der Waals surface area (Å²) in [7, 11) is 0. The van der Waals surface area contributed by atoms with Crippen LogP contribution in [0.1, 0.15) is 12.0 Å². The maximum atomic E-state index is 12.0. The first-order chi connectivity index (χ1) is 10.3. The predicted molar refractivity (Wildman–Crippen MR) is 81.5 cm³/mol. The van der Waals surface area contributed by atoms with Gasteiger partial charge in [-0.15, -0.1) is 0 Å². The van der Waals surface area contributed by atoms with Crippen LogP contribution in [0.15, 0.2) is 24.3 Å². The van der Waals surface area contributed by atoms with Gasteiger partial charge in [0.1, 0.15) is 11.9 Å². The molecular formula is C16H23N3O2. The van der Waals surface area contributed by atoms with Gasteiger partial charge in [-0.05, 0) is 31.1 Å². The summed E-state index contributed by atoms with van der Waals surface area (Å²) in [6.45, 7) is 5.02. The molecule has 2 aliphatic heterocycles. The van der Waals surface area contributed by atoms with Crippen LogP contribution in [0.2, 0.25) is 0 Å². The number of nitrogens with zero attached hydrogens (tertiary/aromatic N) is 1. The van der Waals surface area contributed by atoms with Gasteiger partial charge in [-0.2, -0.15) is 0 Å². The molecule has 1 aromatic rings. The van der Waals surface area contributed by atoms with Gasteiger partial charge >= 0.3 is 0 Å². The number of benzene rings is 1. The largest absolute Gasteiger partial charge is 0.488 e. The summed E-state index contributed by atoms with van der Waals surface area (Å²) < 4.78 is 5.83. The summed E-state index contributed by atoms with van der Waals surface area (Å²) in [6.07, 6.45) is 2.05. The second kappa shape index (κ2) is 6.91. The van der Waals surface area contributed by atoms with Crippen LogP contribution >= 0.6 is 0 Å². The monoisotopic (exact) mass is 289 g/mol. The second-order valence-electron chi connectivity index (χ2n) is 5.74. The number of carbonyl (C=O) groups is 1. The van der Waals surface area contributed by atoms with E-state index < -0.39 is 0 Å². The van der Waals surface area contributed by atoms with E-state index in [1.165, 1.54) is 5.56 Å². The lowest BCUT2D eigenvalue weighted by atomic mass is 10.1. The lowest BCUT2D eigenvalue weighted by Gasteiger charge is -2.19. The van der Waals surface area contributed by atoms with Gasteiger partial charge in [0.25, 0.3) is 0 Å². The van der Waals surface area contributed by atoms with E-state index in [1.54, 1.807) is 0 Å². The highest BCUT2D eigenvalue weighted by molar-refractivity contribution is 5.78. The van der Waals surface area contributed by atoms with Crippen molar-refractivity contribution in [2.75, 3.05) is 39.3 Å². The van der Waals surface area contributed by atoms with Crippen LogP contribution in [0.25, 0.3) is 0 Å². The molecule has 2 aliphatic rings. The van der Waals surface area contributed by atoms with E-state index in [9.17, 15) is 4.79 Å². The molecule has 0 aliphatic carbocycles. The van der Waals surface area contributed by atoms with E-state index in [-0.39, 0.29) is 12.0 Å². The number of hydrogen-bond donors (Lipinski definition) is 2. The molecule has 1 aromatic carbocycles. The highest BCUT2D eigenvalue weighted by Crippen LogP contribution is 2.27. The second-order valence-corrected chi connectivity index (χ2v) is 5.74. The standard InChI is InChI=1S/C16H23N3O2/c20-16(12-19-8-3-6-17-7-9-19)18-11-14-10-13-4-1-2-5-15(13)21-14/h1-2,4-5,14,17H,3,6-12H2,(H,18,20). The van der Waals surface area contributed by atoms with Crippen molar-refractivity contribution >= 4 is 5.91 Å². The van der Waals surface area contributed by atoms with Crippen LogP contribution in [0.4, 0.5) is 0 Å². The van der Waals surface area contributed by atoms with Crippen LogP contribution in [0.5, 0.6) is 5.75 Å². The topological polar surface area (TPSA) is 53.6 Å². The Morgan fingerprint density at radius 3 is 3.14 bits per heavy atom. The van der Waals surface area contributed by atoms with Crippen molar-refractivity contribution in [2.45, 2.75) is 18.9 Å². The number of amides is 1. The van der Waals surface area contributed by atoms with E-state index in [4.69, 9.17) is 4.74 Å². The first-order valence-corrected chi connectivity index (χ1v) is 7.75. The SMILES string of the molecule is O=C(CN1CCCNCC1)NCC1Cc2ccccc2O1. The third kappa shape index (κ3) is 3.95. The van der Waals surface area contributed by atoms with Crippen LogP contribution in [-0.4, -0.2) is 56.2 Å². The molecule has 0 radical (unpaired) electrons. The summed E-state index contributed by atoms with van der Waals surface area (Å²) in [5.41, 5.74) is 1.23. The fraction of sp³-hybridized carbons (Fsp3) is 0.562. The van der Waals surface area contributed by atoms with E-state index >= 15 is 0 Å². The zero-order valence-corrected chi connectivity index (χ0v) is 12.3. The molecule has 0 bridgehead atoms. The number of nitrogens with one attached hydrogen (secondary N) is 2. The maximum absolute atomic E-state index is 12.0. The lowest BCUT2D eigenvalue weighted by Crippen LogP contribution is -2.42. The molecule has 0 saturated carbocycles. The fourth-order valence-electron chi connectivity index (χ4n) is 2.91. The number of hydrogen-bond acceptors (Lipinski definition) is 4. The molecule has 1 fully saturated rings. The van der Waals surface area contributed by atoms with E-state index in [0.717, 1.165) is 44.8 Å². The van der Waals surface area contributed by atoms with Gasteiger partial charge in [-0.25, -0.2) is 0 Å². The van der Waals surface area contributed by atoms with Gasteiger partial charge in [0.05, 0.1) is 13.1 Å². The zero-order valence-electron chi connectivity index (χ0n) is 12.3. The molecule has 5 heteroatoms. The Kier molecular flexibility index (Phi) is 4.72. The van der Waals surface area contributed by atoms with Crippen molar-refractivity contribution in [1.82, 2.24) is 15.5 Å². The lowest BCUT2D eigenvalue weighted by molar-refractivity contribution is -0.122. The Hall–Kier alpha value is -1.59. The average molecular weight is 289 g/mol. The third-order valence-electron chi connectivity index (χ3n) is 4.04. The Labute approximate surface area is 125 Å². The van der Waals surface area contributed by atoms with Gasteiger partial charge in [0, 0.05) is 19.5 Å². The van der Waals surface area contributed by atoms with Crippen molar-refractivity contribution in [1.29, 1.82) is 0 Å². The minimum Gasteiger partial charge on any atom is -0.488 e. The molecule has 0 spiro atoms. The first kappa shape index (κ1) is 14.4. The quantitative estimate of drug-likeness (QED) is 0.842. The van der Waals surface area contributed by atoms with Crippen LogP contribution < -0.4 is 15.4 Å². The highest BCUT2D eigenvalue weighted by Gasteiger charge is 2.23. The summed E-state index contributed by atoms with van der Waals surface area (Å²) in [6, 6.07) is 8.08. The predicted octanol–water partition coefficient (Wildman–Crippen LogP) is 0.402. The van der Waals surface area contributed by atoms with Gasteiger partial charge in [0.2, 0.25) is 5.91 Å². The minimum atomic E-state index is 0.0668. The number of carbonyl (C=O) groups excluding carboxylic acids is 1. The van der Waals surface area contributed by atoms with E-state index in [2.05, 4.69) is 21.6 Å². The van der Waals surface area contributed by atoms with Gasteiger partial charge in [-0.3, -0.25) is 9.69 Å². The Morgan fingerprint density at radius 2 is 2.24 bits per heavy atom. The summed E-state index contributed by atoms with van der Waals surface area (Å²) in [4.78, 5) is 14.2. The number of ether oxygens (including phenoxy) is 1. The molecule has 1 amide bonds. The van der Waals surface area contributed by atoms with Crippen molar-refractivity contribution in [3.8, 4) is 5.75 Å². The summed E-state index contributed by atoms with van der Waals surface area (Å²) in [5.74, 6) is 1.05. The van der Waals surface area contributed by atoms with Crippen LogP contribution in [-0.2, 0) is 11.2 Å². The number of para-hydroxylation sites is 1. The average Bonchev–Trinajstić information content (AvgIpc) is 2.74. The molecular weight excluding hydrogens is 266 g/mol. The molecule has 0 aromatic heterocycles. The molecule has 3 rings (SSSR count). The zero-order chi connectivity index (χ0) is 14.5. The Bertz CT molecular complexity index is 459. The maximum Gasteiger partial charge on any atom is 0.234 e. The fourth-order valence-corrected chi connectivity index (χ4v) is 2.91. The smallest absolute Gasteiger partial charge is 0.234 e. The van der Waals surface area contributed by atoms with Crippen molar-refractivity contribution in [2.24, 2.45) is 0 Å². The van der Waals surface area contributed by atoms with Crippen molar-refractivity contribution < 1.29 is 9.53 Å². The Morgan fingerprint density at radius 1 is 1.33 bits per heavy atom. The summed E-state index contributed by atoms with van der Waals surface area (Å²) in [5, 5.41) is 6.35. The van der Waals surface area contributed by atoms with Gasteiger partial charge in [0.15, 0.2) is 0 Å². The van der Waals surface area contributed by atoms with Crippen LogP contribution in [0.3, 0.4) is 0 Å². The molecule has 21 heavy (non-hydrogen) atoms. The highest BCUT2D eigenvalue weighted by atomic mass is 16.5. The van der Waals surface area contributed by atoms with Crippen LogP contribution in [0, 0.1) is 0 Å². The van der Waals surface area contributed by atoms with E-state index in [1.807, 2.05) is 18.2 Å². The third-order valence-corrected chi connectivity index (χ3v) is 4.04. The first-order valence-electron chi connectivity index (χ1n) is 7.75. The molecule has 5 nitrogen and oxygen atoms in total. The summed E-state index contributed by atoms with van der Waals surface area (Å²) >= 11 is 0. The molecule has 114 valence electrons. The van der Waals surface area contributed by atoms with Gasteiger partial charge < -0.3 is 15.4 Å². The number of rotatable bonds is 4. The Balaban J connectivity index is 1.40. The number of fused-ring (bicyclic) bond motifs is 1. The van der Waals surface area contributed by atoms with Crippen molar-refractivity contribution in [3.05, 3.63) is 29.8 Å². The van der Waals surface area contributed by atoms with Gasteiger partial charge in [-0.1, -0.05) is 18.2 Å². The molecule has 1 saturated heterocycles. The normalized spacial score (nSPS) is 22.2. The minimum absolute atomic E-state index is 0.0668.